The molecular weight excluding hydrogens is 196 g/mol. The van der Waals surface area contributed by atoms with Gasteiger partial charge in [-0.3, -0.25) is 4.90 Å². The van der Waals surface area contributed by atoms with Crippen LogP contribution in [0.25, 0.3) is 0 Å². The summed E-state index contributed by atoms with van der Waals surface area (Å²) in [5.41, 5.74) is 0. The molecule has 2 heteroatoms. The number of likely N-dealkylation sites (tertiary alicyclic amines) is 1. The summed E-state index contributed by atoms with van der Waals surface area (Å²) in [4.78, 5) is 2.76. The molecule has 1 atom stereocenters. The van der Waals surface area contributed by atoms with Crippen molar-refractivity contribution in [2.75, 3.05) is 26.2 Å². The zero-order valence-electron chi connectivity index (χ0n) is 10.9. The third-order valence-corrected chi connectivity index (χ3v) is 4.27. The molecule has 0 radical (unpaired) electrons. The molecule has 1 heterocycles. The van der Waals surface area contributed by atoms with Gasteiger partial charge in [0.15, 0.2) is 0 Å². The van der Waals surface area contributed by atoms with E-state index in [9.17, 15) is 0 Å². The van der Waals surface area contributed by atoms with Gasteiger partial charge in [0.25, 0.3) is 0 Å². The highest BCUT2D eigenvalue weighted by Gasteiger charge is 2.27. The Morgan fingerprint density at radius 2 is 1.94 bits per heavy atom. The van der Waals surface area contributed by atoms with Gasteiger partial charge in [0.2, 0.25) is 0 Å². The van der Waals surface area contributed by atoms with Gasteiger partial charge in [-0.2, -0.15) is 0 Å². The zero-order chi connectivity index (χ0) is 11.2. The first-order chi connectivity index (χ1) is 7.90. The van der Waals surface area contributed by atoms with E-state index in [2.05, 4.69) is 17.1 Å². The quantitative estimate of drug-likeness (QED) is 0.698. The number of hydrogen-bond donors (Lipinski definition) is 1. The van der Waals surface area contributed by atoms with Crippen LogP contribution in [-0.4, -0.2) is 37.1 Å². The topological polar surface area (TPSA) is 15.3 Å². The van der Waals surface area contributed by atoms with Crippen molar-refractivity contribution in [3.8, 4) is 0 Å². The van der Waals surface area contributed by atoms with E-state index in [1.807, 2.05) is 0 Å². The lowest BCUT2D eigenvalue weighted by Gasteiger charge is -2.27. The van der Waals surface area contributed by atoms with Crippen LogP contribution in [0.15, 0.2) is 0 Å². The maximum atomic E-state index is 3.59. The fraction of sp³-hybridized carbons (Fsp3) is 1.00. The molecule has 2 aliphatic rings. The van der Waals surface area contributed by atoms with E-state index in [1.165, 1.54) is 71.1 Å². The van der Waals surface area contributed by atoms with Crippen LogP contribution in [0.1, 0.15) is 51.9 Å². The van der Waals surface area contributed by atoms with E-state index in [4.69, 9.17) is 0 Å². The summed E-state index contributed by atoms with van der Waals surface area (Å²) in [7, 11) is 0. The molecular formula is C14H28N2. The average molecular weight is 224 g/mol. The van der Waals surface area contributed by atoms with Gasteiger partial charge >= 0.3 is 0 Å². The Labute approximate surface area is 101 Å². The molecule has 1 unspecified atom stereocenters. The molecule has 2 fully saturated rings. The Bertz CT molecular complexity index is 187. The lowest BCUT2D eigenvalue weighted by atomic mass is 10.1. The fourth-order valence-electron chi connectivity index (χ4n) is 3.34. The lowest BCUT2D eigenvalue weighted by Crippen LogP contribution is -2.40. The van der Waals surface area contributed by atoms with E-state index in [0.29, 0.717) is 0 Å². The summed E-state index contributed by atoms with van der Waals surface area (Å²) in [5, 5.41) is 3.59. The summed E-state index contributed by atoms with van der Waals surface area (Å²) in [6.45, 7) is 7.40. The van der Waals surface area contributed by atoms with Gasteiger partial charge in [-0.15, -0.1) is 0 Å². The molecule has 0 bridgehead atoms. The number of rotatable bonds is 6. The van der Waals surface area contributed by atoms with Crippen LogP contribution in [0, 0.1) is 5.92 Å². The normalized spacial score (nSPS) is 27.9. The van der Waals surface area contributed by atoms with Crippen LogP contribution >= 0.6 is 0 Å². The Balaban J connectivity index is 1.69. The van der Waals surface area contributed by atoms with Gasteiger partial charge in [0.05, 0.1) is 0 Å². The molecule has 0 spiro atoms. The smallest absolute Gasteiger partial charge is 0.0221 e. The van der Waals surface area contributed by atoms with E-state index < -0.39 is 0 Å². The highest BCUT2D eigenvalue weighted by Crippen LogP contribution is 2.28. The second-order valence-electron chi connectivity index (χ2n) is 5.65. The van der Waals surface area contributed by atoms with Gasteiger partial charge in [-0.05, 0) is 51.1 Å². The molecule has 1 aliphatic heterocycles. The molecule has 16 heavy (non-hydrogen) atoms. The van der Waals surface area contributed by atoms with Crippen molar-refractivity contribution in [1.82, 2.24) is 10.2 Å². The van der Waals surface area contributed by atoms with E-state index in [1.54, 1.807) is 0 Å². The lowest BCUT2D eigenvalue weighted by molar-refractivity contribution is 0.211. The Kier molecular flexibility index (Phi) is 5.11. The Morgan fingerprint density at radius 3 is 2.69 bits per heavy atom. The first kappa shape index (κ1) is 12.4. The van der Waals surface area contributed by atoms with Crippen LogP contribution in [0.4, 0.5) is 0 Å². The first-order valence-electron chi connectivity index (χ1n) is 7.35. The van der Waals surface area contributed by atoms with Crippen molar-refractivity contribution in [3.05, 3.63) is 0 Å². The minimum atomic E-state index is 0.840. The van der Waals surface area contributed by atoms with Crippen LogP contribution in [0.2, 0.25) is 0 Å². The molecule has 0 aromatic carbocycles. The average Bonchev–Trinajstić information content (AvgIpc) is 2.92. The highest BCUT2D eigenvalue weighted by atomic mass is 15.2. The van der Waals surface area contributed by atoms with Gasteiger partial charge in [0.1, 0.15) is 0 Å². The molecule has 1 saturated carbocycles. The highest BCUT2D eigenvalue weighted by molar-refractivity contribution is 4.83. The molecule has 2 nitrogen and oxygen atoms in total. The second kappa shape index (κ2) is 6.61. The van der Waals surface area contributed by atoms with E-state index >= 15 is 0 Å². The predicted molar refractivity (Wildman–Crippen MR) is 69.7 cm³/mol. The summed E-state index contributed by atoms with van der Waals surface area (Å²) in [5.74, 6) is 1.02. The summed E-state index contributed by atoms with van der Waals surface area (Å²) in [6, 6.07) is 0.840. The van der Waals surface area contributed by atoms with Crippen molar-refractivity contribution < 1.29 is 0 Å². The van der Waals surface area contributed by atoms with Gasteiger partial charge in [0, 0.05) is 19.1 Å². The largest absolute Gasteiger partial charge is 0.315 e. The van der Waals surface area contributed by atoms with Crippen molar-refractivity contribution in [2.24, 2.45) is 5.92 Å². The van der Waals surface area contributed by atoms with Gasteiger partial charge in [-0.25, -0.2) is 0 Å². The maximum absolute atomic E-state index is 3.59. The van der Waals surface area contributed by atoms with Crippen molar-refractivity contribution in [1.29, 1.82) is 0 Å². The third kappa shape index (κ3) is 3.46. The summed E-state index contributed by atoms with van der Waals surface area (Å²) >= 11 is 0. The summed E-state index contributed by atoms with van der Waals surface area (Å²) in [6.07, 6.45) is 10.1. The Hall–Kier alpha value is -0.0800. The molecule has 0 amide bonds. The number of hydrogen-bond acceptors (Lipinski definition) is 2. The first-order valence-corrected chi connectivity index (χ1v) is 7.35. The minimum absolute atomic E-state index is 0.840. The number of nitrogens with zero attached hydrogens (tertiary/aromatic N) is 1. The second-order valence-corrected chi connectivity index (χ2v) is 5.65. The summed E-state index contributed by atoms with van der Waals surface area (Å²) < 4.78 is 0. The Morgan fingerprint density at radius 1 is 1.12 bits per heavy atom. The van der Waals surface area contributed by atoms with Crippen LogP contribution in [0.5, 0.6) is 0 Å². The van der Waals surface area contributed by atoms with Gasteiger partial charge in [-0.1, -0.05) is 19.8 Å². The maximum Gasteiger partial charge on any atom is 0.0221 e. The molecule has 2 rings (SSSR count). The molecule has 94 valence electrons. The van der Waals surface area contributed by atoms with Crippen LogP contribution < -0.4 is 5.32 Å². The van der Waals surface area contributed by atoms with Gasteiger partial charge < -0.3 is 5.32 Å². The minimum Gasteiger partial charge on any atom is -0.315 e. The fourth-order valence-corrected chi connectivity index (χ4v) is 3.34. The van der Waals surface area contributed by atoms with Crippen LogP contribution in [0.3, 0.4) is 0 Å². The standard InChI is InChI=1S/C14H28N2/c1-2-9-15-11-14-8-5-10-16(14)12-13-6-3-4-7-13/h13-15H,2-12H2,1H3. The molecule has 1 saturated heterocycles. The SMILES string of the molecule is CCCNCC1CCCN1CC1CCCC1. The van der Waals surface area contributed by atoms with E-state index in [-0.39, 0.29) is 0 Å². The van der Waals surface area contributed by atoms with E-state index in [0.717, 1.165) is 12.0 Å². The predicted octanol–water partition coefficient (Wildman–Crippen LogP) is 2.64. The number of nitrogens with one attached hydrogen (secondary N) is 1. The monoisotopic (exact) mass is 224 g/mol. The molecule has 0 aromatic heterocycles. The van der Waals surface area contributed by atoms with Crippen molar-refractivity contribution in [2.45, 2.75) is 57.9 Å². The molecule has 0 aromatic rings. The molecule has 1 aliphatic carbocycles. The molecule has 1 N–H and O–H groups in total. The van der Waals surface area contributed by atoms with Crippen molar-refractivity contribution >= 4 is 0 Å². The zero-order valence-corrected chi connectivity index (χ0v) is 10.9. The third-order valence-electron chi connectivity index (χ3n) is 4.27. The van der Waals surface area contributed by atoms with Crippen molar-refractivity contribution in [3.63, 3.8) is 0 Å². The van der Waals surface area contributed by atoms with Crippen LogP contribution in [-0.2, 0) is 0 Å².